The molecule has 4 rings (SSSR count). The third kappa shape index (κ3) is 5.04. The summed E-state index contributed by atoms with van der Waals surface area (Å²) in [5, 5.41) is 5.05. The highest BCUT2D eigenvalue weighted by atomic mass is 28.3. The first-order valence-corrected chi connectivity index (χ1v) is 17.3. The van der Waals surface area contributed by atoms with Crippen molar-refractivity contribution in [2.45, 2.75) is 32.4 Å². The molecule has 0 atom stereocenters. The lowest BCUT2D eigenvalue weighted by molar-refractivity contribution is -0.113. The second-order valence-corrected chi connectivity index (χ2v) is 17.3. The molecule has 0 saturated heterocycles. The van der Waals surface area contributed by atoms with Crippen molar-refractivity contribution >= 4 is 47.7 Å². The molecule has 0 aliphatic rings. The Morgan fingerprint density at radius 1 is 0.457 bits per heavy atom. The second-order valence-electron chi connectivity index (χ2n) is 9.41. The molecule has 0 spiro atoms. The topological polar surface area (TPSA) is 34.1 Å². The maximum atomic E-state index is 13.8. The smallest absolute Gasteiger partial charge is 0.190 e. The van der Waals surface area contributed by atoms with Gasteiger partial charge in [-0.3, -0.25) is 0 Å². The van der Waals surface area contributed by atoms with Crippen LogP contribution in [-0.4, -0.2) is 27.0 Å². The van der Waals surface area contributed by atoms with Crippen molar-refractivity contribution in [2.75, 3.05) is 0 Å². The Hall–Kier alpha value is -3.35. The van der Waals surface area contributed by atoms with Crippen LogP contribution in [0.5, 0.6) is 0 Å². The maximum absolute atomic E-state index is 13.8. The lowest BCUT2D eigenvalue weighted by Gasteiger charge is -2.28. The number of hydrogen-bond acceptors (Lipinski definition) is 2. The van der Waals surface area contributed by atoms with E-state index in [1.54, 1.807) is 0 Å². The molecule has 176 valence electrons. The Morgan fingerprint density at radius 2 is 0.686 bits per heavy atom. The first-order chi connectivity index (χ1) is 17.0. The molecule has 0 amide bonds. The Labute approximate surface area is 210 Å². The van der Waals surface area contributed by atoms with Crippen LogP contribution in [0.4, 0.5) is 0 Å². The van der Waals surface area contributed by atoms with E-state index >= 15 is 0 Å². The van der Waals surface area contributed by atoms with Crippen LogP contribution in [0.1, 0.15) is 19.3 Å². The normalized spacial score (nSPS) is 11.7. The summed E-state index contributed by atoms with van der Waals surface area (Å²) in [5.74, 6) is 0. The summed E-state index contributed by atoms with van der Waals surface area (Å²) in [6, 6.07) is 40.7. The van der Waals surface area contributed by atoms with Gasteiger partial charge in [0, 0.05) is 12.8 Å². The van der Waals surface area contributed by atoms with E-state index in [1.807, 2.05) is 72.8 Å². The minimum atomic E-state index is -2.59. The molecular formula is C31H32O2Si2. The Balaban J connectivity index is 1.56. The highest BCUT2D eigenvalue weighted by Gasteiger charge is 2.41. The van der Waals surface area contributed by atoms with Gasteiger partial charge in [-0.15, -0.1) is 0 Å². The number of carbonyl (C=O) groups is 2. The Bertz CT molecular complexity index is 1080. The molecule has 0 fully saturated rings. The predicted octanol–water partition coefficient (Wildman–Crippen LogP) is 4.16. The quantitative estimate of drug-likeness (QED) is 0.312. The van der Waals surface area contributed by atoms with Gasteiger partial charge < -0.3 is 9.59 Å². The van der Waals surface area contributed by atoms with Crippen LogP contribution >= 0.6 is 0 Å². The molecule has 0 aromatic heterocycles. The average molecular weight is 493 g/mol. The monoisotopic (exact) mass is 492 g/mol. The van der Waals surface area contributed by atoms with Crippen LogP contribution in [0.3, 0.4) is 0 Å². The van der Waals surface area contributed by atoms with Crippen LogP contribution in [0, 0.1) is 0 Å². The summed E-state index contributed by atoms with van der Waals surface area (Å²) in [4.78, 5) is 27.6. The fourth-order valence-electron chi connectivity index (χ4n) is 4.97. The lowest BCUT2D eigenvalue weighted by Crippen LogP contribution is -2.63. The molecule has 0 N–H and O–H groups in total. The number of rotatable bonds is 10. The van der Waals surface area contributed by atoms with Gasteiger partial charge in [0.15, 0.2) is 16.1 Å². The van der Waals surface area contributed by atoms with E-state index in [1.165, 1.54) is 0 Å². The Morgan fingerprint density at radius 3 is 0.914 bits per heavy atom. The maximum Gasteiger partial charge on any atom is 0.190 e. The van der Waals surface area contributed by atoms with Gasteiger partial charge in [-0.2, -0.15) is 0 Å². The molecule has 4 heteroatoms. The zero-order valence-electron chi connectivity index (χ0n) is 20.5. The largest absolute Gasteiger partial charge is 0.305 e. The molecular weight excluding hydrogens is 461 g/mol. The van der Waals surface area contributed by atoms with E-state index in [0.29, 0.717) is 19.3 Å². The molecule has 35 heavy (non-hydrogen) atoms. The van der Waals surface area contributed by atoms with E-state index in [9.17, 15) is 9.59 Å². The predicted molar refractivity (Wildman–Crippen MR) is 151 cm³/mol. The molecule has 4 aromatic rings. The first kappa shape index (κ1) is 24.8. The van der Waals surface area contributed by atoms with Crippen molar-refractivity contribution in [3.05, 3.63) is 121 Å². The van der Waals surface area contributed by atoms with Crippen molar-refractivity contribution < 1.29 is 9.59 Å². The standard InChI is InChI=1S/C31H32O2Si2/c1-34(26-16-7-3-8-17-26,27-18-9-4-10-19-27)30(32)24-15-25-31(33)35(2,28-20-11-5-12-21-28)29-22-13-6-14-23-29/h3-14,16-23H,15,24-25H2,1-2H3. The third-order valence-electron chi connectivity index (χ3n) is 7.33. The number of hydrogen-bond donors (Lipinski definition) is 0. The van der Waals surface area contributed by atoms with E-state index in [0.717, 1.165) is 20.7 Å². The van der Waals surface area contributed by atoms with Gasteiger partial charge in [-0.05, 0) is 27.2 Å². The van der Waals surface area contributed by atoms with Crippen molar-refractivity contribution in [3.63, 3.8) is 0 Å². The van der Waals surface area contributed by atoms with Gasteiger partial charge in [-0.25, -0.2) is 0 Å². The average Bonchev–Trinajstić information content (AvgIpc) is 2.93. The fourth-order valence-corrected chi connectivity index (χ4v) is 11.7. The van der Waals surface area contributed by atoms with E-state index < -0.39 is 16.1 Å². The van der Waals surface area contributed by atoms with Gasteiger partial charge in [0.05, 0.1) is 0 Å². The molecule has 0 radical (unpaired) electrons. The zero-order chi connectivity index (χ0) is 24.7. The molecule has 0 bridgehead atoms. The summed E-state index contributed by atoms with van der Waals surface area (Å²) in [6.07, 6.45) is 1.43. The van der Waals surface area contributed by atoms with E-state index in [-0.39, 0.29) is 10.8 Å². The van der Waals surface area contributed by atoms with Crippen LogP contribution in [0.25, 0.3) is 0 Å². The van der Waals surface area contributed by atoms with Gasteiger partial charge in [0.1, 0.15) is 10.8 Å². The molecule has 2 nitrogen and oxygen atoms in total. The first-order valence-electron chi connectivity index (χ1n) is 12.3. The number of benzene rings is 4. The van der Waals surface area contributed by atoms with Crippen molar-refractivity contribution in [2.24, 2.45) is 0 Å². The minimum Gasteiger partial charge on any atom is -0.305 e. The van der Waals surface area contributed by atoms with E-state index in [4.69, 9.17) is 0 Å². The van der Waals surface area contributed by atoms with Gasteiger partial charge in [-0.1, -0.05) is 134 Å². The van der Waals surface area contributed by atoms with Gasteiger partial charge in [0.2, 0.25) is 0 Å². The summed E-state index contributed by atoms with van der Waals surface area (Å²) in [6.45, 7) is 4.29. The molecule has 0 unspecified atom stereocenters. The van der Waals surface area contributed by atoms with Gasteiger partial charge in [0.25, 0.3) is 0 Å². The SMILES string of the molecule is C[Si](C(=O)CCCC(=O)[Si](C)(c1ccccc1)c1ccccc1)(c1ccccc1)c1ccccc1. The molecule has 0 aliphatic carbocycles. The lowest BCUT2D eigenvalue weighted by atomic mass is 10.3. The second kappa shape index (κ2) is 10.9. The molecule has 0 heterocycles. The Kier molecular flexibility index (Phi) is 7.74. The van der Waals surface area contributed by atoms with Crippen LogP contribution in [0.15, 0.2) is 121 Å². The molecule has 0 saturated carbocycles. The fraction of sp³-hybridized carbons (Fsp3) is 0.161. The highest BCUT2D eigenvalue weighted by molar-refractivity contribution is 7.22. The van der Waals surface area contributed by atoms with Crippen molar-refractivity contribution in [1.82, 2.24) is 0 Å². The van der Waals surface area contributed by atoms with E-state index in [2.05, 4.69) is 61.6 Å². The summed E-state index contributed by atoms with van der Waals surface area (Å²) < 4.78 is 0. The third-order valence-corrected chi connectivity index (χ3v) is 16.0. The minimum absolute atomic E-state index is 0.283. The molecule has 4 aromatic carbocycles. The highest BCUT2D eigenvalue weighted by Crippen LogP contribution is 2.15. The summed E-state index contributed by atoms with van der Waals surface area (Å²) >= 11 is 0. The van der Waals surface area contributed by atoms with Crippen LogP contribution < -0.4 is 20.7 Å². The van der Waals surface area contributed by atoms with Crippen LogP contribution in [0.2, 0.25) is 13.1 Å². The van der Waals surface area contributed by atoms with Crippen molar-refractivity contribution in [1.29, 1.82) is 0 Å². The summed E-state index contributed by atoms with van der Waals surface area (Å²) in [7, 11) is -5.18. The zero-order valence-corrected chi connectivity index (χ0v) is 22.5. The summed E-state index contributed by atoms with van der Waals surface area (Å²) in [5.41, 5.74) is 0. The van der Waals surface area contributed by atoms with Gasteiger partial charge >= 0.3 is 0 Å². The number of carbonyl (C=O) groups excluding carboxylic acids is 2. The van der Waals surface area contributed by atoms with Crippen LogP contribution in [-0.2, 0) is 9.59 Å². The molecule has 0 aliphatic heterocycles. The van der Waals surface area contributed by atoms with Crippen molar-refractivity contribution in [3.8, 4) is 0 Å².